The second-order valence-electron chi connectivity index (χ2n) is 1.75. The van der Waals surface area contributed by atoms with Crippen LogP contribution in [-0.2, 0) is 9.53 Å². The van der Waals surface area contributed by atoms with Gasteiger partial charge in [0, 0.05) is 11.8 Å². The number of allylic oxidation sites excluding steroid dienone is 1. The summed E-state index contributed by atoms with van der Waals surface area (Å²) in [5, 5.41) is 0.845. The summed E-state index contributed by atoms with van der Waals surface area (Å²) >= 11 is 3.22. The van der Waals surface area contributed by atoms with Crippen LogP contribution in [0.1, 0.15) is 19.8 Å². The smallest absolute Gasteiger partial charge is 0.310 e. The molecule has 0 radical (unpaired) electrons. The summed E-state index contributed by atoms with van der Waals surface area (Å²) in [4.78, 5) is 10.7. The Hall–Kier alpha value is -0.310. The van der Waals surface area contributed by atoms with Crippen molar-refractivity contribution in [2.24, 2.45) is 0 Å². The van der Waals surface area contributed by atoms with Crippen molar-refractivity contribution < 1.29 is 9.53 Å². The van der Waals surface area contributed by atoms with E-state index in [-0.39, 0.29) is 5.97 Å². The Bertz CT molecular complexity index is 121. The molecule has 0 aliphatic heterocycles. The molecule has 0 heterocycles. The lowest BCUT2D eigenvalue weighted by molar-refractivity contribution is -0.138. The lowest BCUT2D eigenvalue weighted by atomic mass is 10.3. The van der Waals surface area contributed by atoms with E-state index in [1.54, 1.807) is 13.0 Å². The van der Waals surface area contributed by atoms with E-state index >= 15 is 0 Å². The van der Waals surface area contributed by atoms with Crippen LogP contribution in [-0.4, -0.2) is 11.3 Å². The first-order valence-electron chi connectivity index (χ1n) is 3.18. The first kappa shape index (κ1) is 9.69. The number of rotatable bonds is 4. The number of esters is 1. The number of carbonyl (C=O) groups excluding carboxylic acids is 1. The van der Waals surface area contributed by atoms with Crippen LogP contribution in [0.25, 0.3) is 0 Å². The van der Waals surface area contributed by atoms with Gasteiger partial charge in [-0.1, -0.05) is 22.0 Å². The van der Waals surface area contributed by atoms with E-state index < -0.39 is 0 Å². The maximum Gasteiger partial charge on any atom is 0.310 e. The molecule has 0 unspecified atom stereocenters. The van der Waals surface area contributed by atoms with Gasteiger partial charge in [0.25, 0.3) is 0 Å². The monoisotopic (exact) mass is 206 g/mol. The highest BCUT2D eigenvalue weighted by Gasteiger charge is 1.97. The standard InChI is InChI=1S/C7H11BrO2/c1-2-6-10-7(9)4-3-5-8/h2,6H,3-5H2,1H3. The summed E-state index contributed by atoms with van der Waals surface area (Å²) < 4.78 is 4.65. The van der Waals surface area contributed by atoms with Crippen LogP contribution in [0.4, 0.5) is 0 Å². The molecule has 0 aliphatic carbocycles. The fourth-order valence-electron chi connectivity index (χ4n) is 0.414. The Kier molecular flexibility index (Phi) is 6.59. The van der Waals surface area contributed by atoms with Gasteiger partial charge >= 0.3 is 5.97 Å². The normalized spacial score (nSPS) is 10.2. The lowest BCUT2D eigenvalue weighted by Gasteiger charge is -1.94. The van der Waals surface area contributed by atoms with Crippen molar-refractivity contribution in [3.05, 3.63) is 12.3 Å². The Labute approximate surface area is 69.4 Å². The molecule has 58 valence electrons. The van der Waals surface area contributed by atoms with Gasteiger partial charge in [-0.25, -0.2) is 0 Å². The SMILES string of the molecule is CC=COC(=O)CCCBr. The predicted molar refractivity (Wildman–Crippen MR) is 43.9 cm³/mol. The molecular weight excluding hydrogens is 196 g/mol. The Morgan fingerprint density at radius 3 is 2.90 bits per heavy atom. The van der Waals surface area contributed by atoms with Gasteiger partial charge in [-0.3, -0.25) is 4.79 Å². The molecule has 0 bridgehead atoms. The molecule has 2 nitrogen and oxygen atoms in total. The van der Waals surface area contributed by atoms with Crippen molar-refractivity contribution in [3.8, 4) is 0 Å². The van der Waals surface area contributed by atoms with Crippen LogP contribution in [0.5, 0.6) is 0 Å². The van der Waals surface area contributed by atoms with Crippen LogP contribution in [0.15, 0.2) is 12.3 Å². The van der Waals surface area contributed by atoms with E-state index in [9.17, 15) is 4.79 Å². The van der Waals surface area contributed by atoms with E-state index in [0.29, 0.717) is 6.42 Å². The zero-order chi connectivity index (χ0) is 7.82. The van der Waals surface area contributed by atoms with Gasteiger partial charge in [-0.15, -0.1) is 0 Å². The van der Waals surface area contributed by atoms with Crippen LogP contribution in [0.3, 0.4) is 0 Å². The number of alkyl halides is 1. The maximum absolute atomic E-state index is 10.7. The van der Waals surface area contributed by atoms with Crippen molar-refractivity contribution >= 4 is 21.9 Å². The molecule has 0 aliphatic rings. The Morgan fingerprint density at radius 1 is 1.70 bits per heavy atom. The van der Waals surface area contributed by atoms with Gasteiger partial charge in [-0.2, -0.15) is 0 Å². The third-order valence-electron chi connectivity index (χ3n) is 0.850. The fourth-order valence-corrected chi connectivity index (χ4v) is 0.694. The minimum atomic E-state index is -0.169. The van der Waals surface area contributed by atoms with Crippen molar-refractivity contribution in [2.75, 3.05) is 5.33 Å². The van der Waals surface area contributed by atoms with Crippen molar-refractivity contribution in [2.45, 2.75) is 19.8 Å². The molecule has 0 saturated heterocycles. The van der Waals surface area contributed by atoms with Crippen LogP contribution in [0.2, 0.25) is 0 Å². The zero-order valence-electron chi connectivity index (χ0n) is 5.97. The number of halogens is 1. The maximum atomic E-state index is 10.7. The third kappa shape index (κ3) is 5.82. The van der Waals surface area contributed by atoms with Crippen LogP contribution < -0.4 is 0 Å². The van der Waals surface area contributed by atoms with Crippen LogP contribution in [0, 0.1) is 0 Å². The molecule has 0 amide bonds. The molecule has 0 N–H and O–H groups in total. The van der Waals surface area contributed by atoms with Gasteiger partial charge in [0.2, 0.25) is 0 Å². The molecule has 0 aromatic heterocycles. The summed E-state index contributed by atoms with van der Waals surface area (Å²) in [6, 6.07) is 0. The van der Waals surface area contributed by atoms with Crippen LogP contribution >= 0.6 is 15.9 Å². The van der Waals surface area contributed by atoms with E-state index in [1.165, 1.54) is 6.26 Å². The van der Waals surface area contributed by atoms with Gasteiger partial charge in [-0.05, 0) is 13.3 Å². The molecule has 10 heavy (non-hydrogen) atoms. The summed E-state index contributed by atoms with van der Waals surface area (Å²) in [5.74, 6) is -0.169. The number of ether oxygens (including phenoxy) is 1. The van der Waals surface area contributed by atoms with Gasteiger partial charge in [0.1, 0.15) is 0 Å². The van der Waals surface area contributed by atoms with Crippen molar-refractivity contribution in [1.29, 1.82) is 0 Å². The second-order valence-corrected chi connectivity index (χ2v) is 2.54. The molecule has 0 aromatic rings. The topological polar surface area (TPSA) is 26.3 Å². The van der Waals surface area contributed by atoms with Gasteiger partial charge in [0.15, 0.2) is 0 Å². The molecule has 0 spiro atoms. The first-order chi connectivity index (χ1) is 4.81. The summed E-state index contributed by atoms with van der Waals surface area (Å²) in [5.41, 5.74) is 0. The minimum Gasteiger partial charge on any atom is -0.435 e. The molecule has 3 heteroatoms. The average Bonchev–Trinajstić information content (AvgIpc) is 1.97. The molecule has 0 fully saturated rings. The zero-order valence-corrected chi connectivity index (χ0v) is 7.56. The molecular formula is C7H11BrO2. The first-order valence-corrected chi connectivity index (χ1v) is 4.30. The molecule has 0 rings (SSSR count). The predicted octanol–water partition coefficient (Wildman–Crippen LogP) is 2.24. The quantitative estimate of drug-likeness (QED) is 0.401. The highest BCUT2D eigenvalue weighted by molar-refractivity contribution is 9.09. The highest BCUT2D eigenvalue weighted by atomic mass is 79.9. The third-order valence-corrected chi connectivity index (χ3v) is 1.41. The number of carbonyl (C=O) groups is 1. The molecule has 0 saturated carbocycles. The van der Waals surface area contributed by atoms with Gasteiger partial charge in [0.05, 0.1) is 6.26 Å². The second kappa shape index (κ2) is 6.81. The highest BCUT2D eigenvalue weighted by Crippen LogP contribution is 1.96. The largest absolute Gasteiger partial charge is 0.435 e. The number of hydrogen-bond acceptors (Lipinski definition) is 2. The average molecular weight is 207 g/mol. The minimum absolute atomic E-state index is 0.169. The fraction of sp³-hybridized carbons (Fsp3) is 0.571. The van der Waals surface area contributed by atoms with E-state index in [0.717, 1.165) is 11.8 Å². The summed E-state index contributed by atoms with van der Waals surface area (Å²) in [6.45, 7) is 1.80. The lowest BCUT2D eigenvalue weighted by Crippen LogP contribution is -1.98. The molecule has 0 aromatic carbocycles. The Morgan fingerprint density at radius 2 is 2.40 bits per heavy atom. The van der Waals surface area contributed by atoms with E-state index in [1.807, 2.05) is 0 Å². The Balaban J connectivity index is 3.25. The summed E-state index contributed by atoms with van der Waals surface area (Å²) in [6.07, 6.45) is 4.40. The number of hydrogen-bond donors (Lipinski definition) is 0. The van der Waals surface area contributed by atoms with E-state index in [2.05, 4.69) is 20.7 Å². The molecule has 0 atom stereocenters. The van der Waals surface area contributed by atoms with Crippen molar-refractivity contribution in [3.63, 3.8) is 0 Å². The van der Waals surface area contributed by atoms with Gasteiger partial charge < -0.3 is 4.74 Å². The summed E-state index contributed by atoms with van der Waals surface area (Å²) in [7, 11) is 0. The van der Waals surface area contributed by atoms with E-state index in [4.69, 9.17) is 0 Å². The van der Waals surface area contributed by atoms with Crippen molar-refractivity contribution in [1.82, 2.24) is 0 Å².